The number of hydrogen-bond donors (Lipinski definition) is 3. The average Bonchev–Trinajstić information content (AvgIpc) is 2.84. The van der Waals surface area contributed by atoms with Crippen LogP contribution in [0.3, 0.4) is 0 Å². The zero-order valence-corrected chi connectivity index (χ0v) is 23.3. The van der Waals surface area contributed by atoms with E-state index >= 15 is 0 Å². The first-order valence-corrected chi connectivity index (χ1v) is 14.4. The molecule has 0 bridgehead atoms. The SMILES string of the molecule is CCCCCCCCCCCCCCCCCC[N+](C)(CCO)CCO.O=C(O)c1ccccc1[O-]. The first-order valence-electron chi connectivity index (χ1n) is 14.4. The van der Waals surface area contributed by atoms with Crippen molar-refractivity contribution in [3.63, 3.8) is 0 Å². The third-order valence-electron chi connectivity index (χ3n) is 6.95. The molecule has 0 saturated carbocycles. The van der Waals surface area contributed by atoms with Crippen LogP contribution in [0.2, 0.25) is 0 Å². The molecular weight excluding hydrogens is 454 g/mol. The van der Waals surface area contributed by atoms with E-state index in [9.17, 15) is 9.90 Å². The average molecular weight is 510 g/mol. The summed E-state index contributed by atoms with van der Waals surface area (Å²) in [5.41, 5.74) is -0.178. The van der Waals surface area contributed by atoms with Crippen molar-refractivity contribution in [1.82, 2.24) is 0 Å². The van der Waals surface area contributed by atoms with E-state index in [0.717, 1.165) is 24.1 Å². The number of carboxylic acids is 1. The van der Waals surface area contributed by atoms with Crippen LogP contribution < -0.4 is 5.11 Å². The fourth-order valence-electron chi connectivity index (χ4n) is 4.50. The van der Waals surface area contributed by atoms with Crippen molar-refractivity contribution in [3.8, 4) is 5.75 Å². The summed E-state index contributed by atoms with van der Waals surface area (Å²) in [5, 5.41) is 37.4. The zero-order valence-electron chi connectivity index (χ0n) is 23.3. The summed E-state index contributed by atoms with van der Waals surface area (Å²) < 4.78 is 0.811. The number of aliphatic hydroxyl groups is 2. The van der Waals surface area contributed by atoms with Gasteiger partial charge in [0.2, 0.25) is 0 Å². The summed E-state index contributed by atoms with van der Waals surface area (Å²) in [6.45, 7) is 5.33. The molecular formula is C30H55NO5. The highest BCUT2D eigenvalue weighted by molar-refractivity contribution is 5.90. The quantitative estimate of drug-likeness (QED) is 0.129. The molecule has 0 aliphatic heterocycles. The minimum Gasteiger partial charge on any atom is -0.872 e. The van der Waals surface area contributed by atoms with E-state index in [0.29, 0.717) is 0 Å². The second-order valence-electron chi connectivity index (χ2n) is 10.3. The zero-order chi connectivity index (χ0) is 26.9. The monoisotopic (exact) mass is 509 g/mol. The Morgan fingerprint density at radius 3 is 1.42 bits per heavy atom. The van der Waals surface area contributed by atoms with Gasteiger partial charge in [0.1, 0.15) is 13.1 Å². The molecule has 36 heavy (non-hydrogen) atoms. The number of quaternary nitrogens is 1. The van der Waals surface area contributed by atoms with Crippen molar-refractivity contribution in [3.05, 3.63) is 29.8 Å². The van der Waals surface area contributed by atoms with E-state index in [2.05, 4.69) is 14.0 Å². The van der Waals surface area contributed by atoms with Gasteiger partial charge < -0.3 is 24.9 Å². The first kappa shape index (κ1) is 34.4. The van der Waals surface area contributed by atoms with E-state index < -0.39 is 11.7 Å². The molecule has 0 saturated heterocycles. The van der Waals surface area contributed by atoms with Crippen LogP contribution in [0.5, 0.6) is 5.75 Å². The van der Waals surface area contributed by atoms with Crippen molar-refractivity contribution in [2.45, 2.75) is 110 Å². The van der Waals surface area contributed by atoms with Crippen LogP contribution >= 0.6 is 0 Å². The largest absolute Gasteiger partial charge is 0.872 e. The highest BCUT2D eigenvalue weighted by Crippen LogP contribution is 2.14. The van der Waals surface area contributed by atoms with Crippen LogP contribution in [0, 0.1) is 0 Å². The van der Waals surface area contributed by atoms with Gasteiger partial charge in [0.25, 0.3) is 0 Å². The predicted molar refractivity (Wildman–Crippen MR) is 147 cm³/mol. The lowest BCUT2D eigenvalue weighted by molar-refractivity contribution is -0.910. The Balaban J connectivity index is 0.00000101. The Morgan fingerprint density at radius 2 is 1.08 bits per heavy atom. The number of rotatable bonds is 22. The van der Waals surface area contributed by atoms with Crippen LogP contribution in [-0.2, 0) is 0 Å². The van der Waals surface area contributed by atoms with Crippen molar-refractivity contribution in [2.75, 3.05) is 39.9 Å². The number of unbranched alkanes of at least 4 members (excludes halogenated alkanes) is 15. The molecule has 0 aromatic heterocycles. The highest BCUT2D eigenvalue weighted by Gasteiger charge is 2.19. The Morgan fingerprint density at radius 1 is 0.694 bits per heavy atom. The number of benzene rings is 1. The summed E-state index contributed by atoms with van der Waals surface area (Å²) in [5.74, 6) is -1.62. The number of nitrogens with zero attached hydrogens (tertiary/aromatic N) is 1. The molecule has 1 aromatic carbocycles. The van der Waals surface area contributed by atoms with Gasteiger partial charge in [0, 0.05) is 0 Å². The molecule has 6 heteroatoms. The van der Waals surface area contributed by atoms with Gasteiger partial charge in [-0.3, -0.25) is 0 Å². The van der Waals surface area contributed by atoms with Crippen LogP contribution in [0.15, 0.2) is 24.3 Å². The number of likely N-dealkylation sites (N-methyl/N-ethyl adjacent to an activating group) is 1. The summed E-state index contributed by atoms with van der Waals surface area (Å²) in [6.07, 6.45) is 22.4. The lowest BCUT2D eigenvalue weighted by atomic mass is 10.0. The molecule has 0 atom stereocenters. The van der Waals surface area contributed by atoms with Crippen LogP contribution in [0.4, 0.5) is 0 Å². The molecule has 210 valence electrons. The molecule has 0 amide bonds. The van der Waals surface area contributed by atoms with Crippen molar-refractivity contribution in [2.24, 2.45) is 0 Å². The highest BCUT2D eigenvalue weighted by atomic mass is 16.4. The molecule has 0 aliphatic carbocycles. The second kappa shape index (κ2) is 23.7. The number of aliphatic hydroxyl groups excluding tert-OH is 2. The number of carboxylic acid groups (broad SMARTS) is 1. The molecule has 6 nitrogen and oxygen atoms in total. The van der Waals surface area contributed by atoms with Gasteiger partial charge in [-0.05, 0) is 18.9 Å². The van der Waals surface area contributed by atoms with Crippen LogP contribution in [-0.4, -0.2) is 65.7 Å². The van der Waals surface area contributed by atoms with Gasteiger partial charge in [-0.15, -0.1) is 0 Å². The lowest BCUT2D eigenvalue weighted by Crippen LogP contribution is -2.48. The van der Waals surface area contributed by atoms with Crippen molar-refractivity contribution < 1.29 is 29.7 Å². The molecule has 0 fully saturated rings. The first-order chi connectivity index (χ1) is 17.4. The Bertz CT molecular complexity index is 632. The van der Waals surface area contributed by atoms with E-state index in [1.165, 1.54) is 127 Å². The van der Waals surface area contributed by atoms with Crippen molar-refractivity contribution >= 4 is 5.97 Å². The maximum atomic E-state index is 10.7. The topological polar surface area (TPSA) is 101 Å². The van der Waals surface area contributed by atoms with Gasteiger partial charge in [-0.25, -0.2) is 4.79 Å². The smallest absolute Gasteiger partial charge is 0.335 e. The van der Waals surface area contributed by atoms with Crippen LogP contribution in [0.25, 0.3) is 0 Å². The maximum absolute atomic E-state index is 10.7. The third kappa shape index (κ3) is 19.5. The van der Waals surface area contributed by atoms with E-state index in [1.807, 2.05) is 0 Å². The standard InChI is InChI=1S/C23H50NO2.C7H6O3/c1-3-4-5-6-7-8-9-10-11-12-13-14-15-16-17-18-19-24(2,20-22-25)21-23-26;8-6-4-2-1-3-5(6)7(9)10/h25-26H,3-23H2,1-2H3;1-4,8H,(H,9,10)/q+1;/p-1. The van der Waals surface area contributed by atoms with Gasteiger partial charge in [0.05, 0.1) is 32.4 Å². The van der Waals surface area contributed by atoms with Crippen molar-refractivity contribution in [1.29, 1.82) is 0 Å². The van der Waals surface area contributed by atoms with E-state index in [-0.39, 0.29) is 18.8 Å². The number of para-hydroxylation sites is 1. The van der Waals surface area contributed by atoms with Gasteiger partial charge in [-0.2, -0.15) is 0 Å². The normalized spacial score (nSPS) is 11.2. The Labute approximate surface area is 221 Å². The summed E-state index contributed by atoms with van der Waals surface area (Å²) in [4.78, 5) is 10.2. The summed E-state index contributed by atoms with van der Waals surface area (Å²) in [6, 6.07) is 5.54. The molecule has 1 rings (SSSR count). The van der Waals surface area contributed by atoms with Gasteiger partial charge in [-0.1, -0.05) is 121 Å². The third-order valence-corrected chi connectivity index (χ3v) is 6.95. The fraction of sp³-hybridized carbons (Fsp3) is 0.767. The van der Waals surface area contributed by atoms with E-state index in [1.54, 1.807) is 0 Å². The predicted octanol–water partition coefficient (Wildman–Crippen LogP) is 6.14. The Hall–Kier alpha value is -1.63. The van der Waals surface area contributed by atoms with Gasteiger partial charge >= 0.3 is 5.97 Å². The summed E-state index contributed by atoms with van der Waals surface area (Å²) in [7, 11) is 2.15. The molecule has 0 heterocycles. The second-order valence-corrected chi connectivity index (χ2v) is 10.3. The number of carbonyl (C=O) groups is 1. The fourth-order valence-corrected chi connectivity index (χ4v) is 4.50. The minimum absolute atomic E-state index is 0.178. The summed E-state index contributed by atoms with van der Waals surface area (Å²) >= 11 is 0. The minimum atomic E-state index is -1.18. The number of aromatic carboxylic acids is 1. The molecule has 0 radical (unpaired) electrons. The maximum Gasteiger partial charge on any atom is 0.335 e. The molecule has 1 aromatic rings. The number of hydrogen-bond acceptors (Lipinski definition) is 4. The molecule has 0 spiro atoms. The van der Waals surface area contributed by atoms with Gasteiger partial charge in [0.15, 0.2) is 0 Å². The Kier molecular flexibility index (Phi) is 22.7. The molecule has 3 N–H and O–H groups in total. The van der Waals surface area contributed by atoms with Crippen LogP contribution in [0.1, 0.15) is 120 Å². The molecule has 0 unspecified atom stereocenters. The van der Waals surface area contributed by atoms with E-state index in [4.69, 9.17) is 15.3 Å². The molecule has 0 aliphatic rings. The lowest BCUT2D eigenvalue weighted by Gasteiger charge is -2.33.